The molecule has 0 radical (unpaired) electrons. The maximum absolute atomic E-state index is 12.5. The molecule has 100 valence electrons. The highest BCUT2D eigenvalue weighted by molar-refractivity contribution is 5.95. The highest BCUT2D eigenvalue weighted by Crippen LogP contribution is 2.24. The summed E-state index contributed by atoms with van der Waals surface area (Å²) in [6, 6.07) is 1.88. The van der Waals surface area contributed by atoms with E-state index < -0.39 is 0 Å². The van der Waals surface area contributed by atoms with Gasteiger partial charge in [-0.1, -0.05) is 0 Å². The van der Waals surface area contributed by atoms with Gasteiger partial charge in [-0.3, -0.25) is 4.79 Å². The number of hydrogen-bond acceptors (Lipinski definition) is 3. The number of aryl methyl sites for hydroxylation is 1. The lowest BCUT2D eigenvalue weighted by molar-refractivity contribution is 0.0513. The van der Waals surface area contributed by atoms with Crippen LogP contribution in [0.15, 0.2) is 16.7 Å². The third-order valence-corrected chi connectivity index (χ3v) is 3.59. The predicted octanol–water partition coefficient (Wildman–Crippen LogP) is 2.35. The van der Waals surface area contributed by atoms with Gasteiger partial charge in [0.2, 0.25) is 0 Å². The van der Waals surface area contributed by atoms with Crippen LogP contribution in [-0.2, 0) is 0 Å². The van der Waals surface area contributed by atoms with Gasteiger partial charge in [-0.25, -0.2) is 0 Å². The van der Waals surface area contributed by atoms with Gasteiger partial charge in [0, 0.05) is 12.6 Å². The first-order valence-electron chi connectivity index (χ1n) is 6.62. The van der Waals surface area contributed by atoms with E-state index in [1.807, 2.05) is 4.90 Å². The second kappa shape index (κ2) is 5.57. The number of aliphatic hydroxyl groups is 1. The van der Waals surface area contributed by atoms with Gasteiger partial charge in [0.1, 0.15) is 5.76 Å². The maximum Gasteiger partial charge on any atom is 0.257 e. The highest BCUT2D eigenvalue weighted by Gasteiger charge is 2.29. The SMILES string of the molecule is Cc1occc1C(=O)N1CCCCC1CC(C)O. The van der Waals surface area contributed by atoms with E-state index in [-0.39, 0.29) is 18.1 Å². The number of carbonyl (C=O) groups is 1. The van der Waals surface area contributed by atoms with Gasteiger partial charge in [-0.15, -0.1) is 0 Å². The summed E-state index contributed by atoms with van der Waals surface area (Å²) in [5.74, 6) is 0.702. The second-order valence-corrected chi connectivity index (χ2v) is 5.12. The molecule has 0 aromatic carbocycles. The Bertz CT molecular complexity index is 411. The molecule has 1 fully saturated rings. The summed E-state index contributed by atoms with van der Waals surface area (Å²) in [6.45, 7) is 4.36. The van der Waals surface area contributed by atoms with Crippen molar-refractivity contribution in [1.82, 2.24) is 4.90 Å². The Hall–Kier alpha value is -1.29. The summed E-state index contributed by atoms with van der Waals surface area (Å²) in [4.78, 5) is 14.4. The van der Waals surface area contributed by atoms with Gasteiger partial charge in [0.05, 0.1) is 17.9 Å². The van der Waals surface area contributed by atoms with Crippen molar-refractivity contribution in [3.05, 3.63) is 23.7 Å². The molecule has 1 aliphatic rings. The van der Waals surface area contributed by atoms with Gasteiger partial charge < -0.3 is 14.4 Å². The van der Waals surface area contributed by atoms with Crippen LogP contribution < -0.4 is 0 Å². The molecule has 2 heterocycles. The minimum atomic E-state index is -0.367. The normalized spacial score (nSPS) is 21.9. The molecule has 2 rings (SSSR count). The molecule has 0 aliphatic carbocycles. The van der Waals surface area contributed by atoms with E-state index in [4.69, 9.17) is 4.42 Å². The van der Waals surface area contributed by atoms with Crippen LogP contribution in [0, 0.1) is 6.92 Å². The lowest BCUT2D eigenvalue weighted by Gasteiger charge is -2.36. The fraction of sp³-hybridized carbons (Fsp3) is 0.643. The van der Waals surface area contributed by atoms with Crippen molar-refractivity contribution in [1.29, 1.82) is 0 Å². The van der Waals surface area contributed by atoms with Gasteiger partial charge in [0.15, 0.2) is 0 Å². The Labute approximate surface area is 108 Å². The van der Waals surface area contributed by atoms with Crippen molar-refractivity contribution in [3.63, 3.8) is 0 Å². The number of carbonyl (C=O) groups excluding carboxylic acids is 1. The number of nitrogens with zero attached hydrogens (tertiary/aromatic N) is 1. The van der Waals surface area contributed by atoms with E-state index in [9.17, 15) is 9.90 Å². The number of furan rings is 1. The zero-order valence-electron chi connectivity index (χ0n) is 11.1. The van der Waals surface area contributed by atoms with Crippen LogP contribution in [0.3, 0.4) is 0 Å². The average Bonchev–Trinajstić information content (AvgIpc) is 2.74. The first-order valence-corrected chi connectivity index (χ1v) is 6.62. The van der Waals surface area contributed by atoms with Crippen LogP contribution in [0.4, 0.5) is 0 Å². The maximum atomic E-state index is 12.5. The van der Waals surface area contributed by atoms with Gasteiger partial charge in [-0.05, 0) is 45.6 Å². The monoisotopic (exact) mass is 251 g/mol. The Morgan fingerprint density at radius 2 is 2.39 bits per heavy atom. The van der Waals surface area contributed by atoms with Gasteiger partial charge >= 0.3 is 0 Å². The summed E-state index contributed by atoms with van der Waals surface area (Å²) >= 11 is 0. The van der Waals surface area contributed by atoms with Crippen LogP contribution in [0.2, 0.25) is 0 Å². The zero-order chi connectivity index (χ0) is 13.1. The topological polar surface area (TPSA) is 53.7 Å². The Kier molecular flexibility index (Phi) is 4.07. The van der Waals surface area contributed by atoms with Crippen LogP contribution >= 0.6 is 0 Å². The van der Waals surface area contributed by atoms with Gasteiger partial charge in [0.25, 0.3) is 5.91 Å². The smallest absolute Gasteiger partial charge is 0.257 e. The Morgan fingerprint density at radius 3 is 3.00 bits per heavy atom. The van der Waals surface area contributed by atoms with E-state index in [1.165, 1.54) is 0 Å². The van der Waals surface area contributed by atoms with Crippen molar-refractivity contribution in [3.8, 4) is 0 Å². The third-order valence-electron chi connectivity index (χ3n) is 3.59. The summed E-state index contributed by atoms with van der Waals surface area (Å²) in [5.41, 5.74) is 0.646. The van der Waals surface area contributed by atoms with Crippen molar-refractivity contribution in [2.24, 2.45) is 0 Å². The van der Waals surface area contributed by atoms with Crippen molar-refractivity contribution in [2.45, 2.75) is 51.7 Å². The standard InChI is InChI=1S/C14H21NO3/c1-10(16)9-12-5-3-4-7-15(12)14(17)13-6-8-18-11(13)2/h6,8,10,12,16H,3-5,7,9H2,1-2H3. The lowest BCUT2D eigenvalue weighted by atomic mass is 9.96. The molecular weight excluding hydrogens is 230 g/mol. The summed E-state index contributed by atoms with van der Waals surface area (Å²) < 4.78 is 5.20. The second-order valence-electron chi connectivity index (χ2n) is 5.12. The van der Waals surface area contributed by atoms with E-state index in [0.717, 1.165) is 25.8 Å². The number of aliphatic hydroxyl groups excluding tert-OH is 1. The molecule has 1 aromatic heterocycles. The minimum Gasteiger partial charge on any atom is -0.469 e. The molecule has 1 N–H and O–H groups in total. The van der Waals surface area contributed by atoms with Crippen LogP contribution in [0.5, 0.6) is 0 Å². The van der Waals surface area contributed by atoms with Crippen LogP contribution in [-0.4, -0.2) is 34.6 Å². The number of amides is 1. The van der Waals surface area contributed by atoms with Gasteiger partial charge in [-0.2, -0.15) is 0 Å². The fourth-order valence-corrected chi connectivity index (χ4v) is 2.67. The molecule has 2 unspecified atom stereocenters. The molecular formula is C14H21NO3. The van der Waals surface area contributed by atoms with E-state index in [2.05, 4.69) is 0 Å². The third kappa shape index (κ3) is 2.75. The number of piperidine rings is 1. The van der Waals surface area contributed by atoms with Crippen LogP contribution in [0.1, 0.15) is 48.7 Å². The first kappa shape index (κ1) is 13.1. The summed E-state index contributed by atoms with van der Waals surface area (Å²) in [5, 5.41) is 9.53. The largest absolute Gasteiger partial charge is 0.469 e. The molecule has 1 saturated heterocycles. The van der Waals surface area contributed by atoms with Crippen molar-refractivity contribution < 1.29 is 14.3 Å². The molecule has 0 saturated carbocycles. The molecule has 1 aliphatic heterocycles. The molecule has 2 atom stereocenters. The average molecular weight is 251 g/mol. The highest BCUT2D eigenvalue weighted by atomic mass is 16.3. The van der Waals surface area contributed by atoms with E-state index in [0.29, 0.717) is 17.7 Å². The quantitative estimate of drug-likeness (QED) is 0.897. The minimum absolute atomic E-state index is 0.0339. The molecule has 1 amide bonds. The number of likely N-dealkylation sites (tertiary alicyclic amines) is 1. The summed E-state index contributed by atoms with van der Waals surface area (Å²) in [7, 11) is 0. The predicted molar refractivity (Wildman–Crippen MR) is 68.4 cm³/mol. The Balaban J connectivity index is 2.13. The molecule has 4 heteroatoms. The molecule has 0 spiro atoms. The van der Waals surface area contributed by atoms with E-state index >= 15 is 0 Å². The number of rotatable bonds is 3. The zero-order valence-corrected chi connectivity index (χ0v) is 11.1. The molecule has 1 aromatic rings. The van der Waals surface area contributed by atoms with Crippen LogP contribution in [0.25, 0.3) is 0 Å². The fourth-order valence-electron chi connectivity index (χ4n) is 2.67. The molecule has 0 bridgehead atoms. The van der Waals surface area contributed by atoms with E-state index in [1.54, 1.807) is 26.2 Å². The van der Waals surface area contributed by atoms with Crippen molar-refractivity contribution in [2.75, 3.05) is 6.54 Å². The first-order chi connectivity index (χ1) is 8.59. The summed E-state index contributed by atoms with van der Waals surface area (Å²) in [6.07, 6.45) is 4.99. The number of hydrogen-bond donors (Lipinski definition) is 1. The molecule has 18 heavy (non-hydrogen) atoms. The van der Waals surface area contributed by atoms with Crippen molar-refractivity contribution >= 4 is 5.91 Å². The molecule has 4 nitrogen and oxygen atoms in total. The lowest BCUT2D eigenvalue weighted by Crippen LogP contribution is -2.45. The Morgan fingerprint density at radius 1 is 1.61 bits per heavy atom.